The van der Waals surface area contributed by atoms with Crippen molar-refractivity contribution in [3.8, 4) is 0 Å². The molecule has 0 aromatic carbocycles. The van der Waals surface area contributed by atoms with Crippen molar-refractivity contribution in [1.82, 2.24) is 20.2 Å². The summed E-state index contributed by atoms with van der Waals surface area (Å²) in [5.41, 5.74) is 6.38. The second kappa shape index (κ2) is 7.63. The van der Waals surface area contributed by atoms with Crippen LogP contribution in [0.15, 0.2) is 4.79 Å². The van der Waals surface area contributed by atoms with Gasteiger partial charge in [-0.3, -0.25) is 14.5 Å². The summed E-state index contributed by atoms with van der Waals surface area (Å²) in [5.74, 6) is 0.709. The number of thiophene rings is 1. The fraction of sp³-hybridized carbons (Fsp3) is 0.588. The van der Waals surface area contributed by atoms with E-state index in [1.165, 1.54) is 0 Å². The van der Waals surface area contributed by atoms with Crippen LogP contribution in [0.3, 0.4) is 0 Å². The highest BCUT2D eigenvalue weighted by Crippen LogP contribution is 2.26. The SMILES string of the molecule is Cc1sc2nc(CN3CCCC(C(=O)NCCN)C3)[nH]c(=O)c2c1C. The Morgan fingerprint density at radius 3 is 3.04 bits per heavy atom. The number of aromatic nitrogens is 2. The van der Waals surface area contributed by atoms with E-state index in [9.17, 15) is 9.59 Å². The standard InChI is InChI=1S/C17H25N5O2S/c1-10-11(2)25-17-14(10)16(24)20-13(21-17)9-22-7-3-4-12(8-22)15(23)19-6-5-18/h12H,3-9,18H2,1-2H3,(H,19,23)(H,20,21,24). The number of piperidine rings is 1. The van der Waals surface area contributed by atoms with Crippen molar-refractivity contribution in [3.05, 3.63) is 26.6 Å². The molecule has 1 amide bonds. The van der Waals surface area contributed by atoms with E-state index in [4.69, 9.17) is 5.73 Å². The number of nitrogens with two attached hydrogens (primary N) is 1. The van der Waals surface area contributed by atoms with E-state index in [0.717, 1.165) is 34.7 Å². The molecule has 1 aliphatic rings. The predicted molar refractivity (Wildman–Crippen MR) is 99.8 cm³/mol. The van der Waals surface area contributed by atoms with Crippen LogP contribution >= 0.6 is 11.3 Å². The van der Waals surface area contributed by atoms with Gasteiger partial charge in [-0.1, -0.05) is 0 Å². The molecule has 1 saturated heterocycles. The molecule has 0 bridgehead atoms. The Hall–Kier alpha value is -1.77. The van der Waals surface area contributed by atoms with Gasteiger partial charge in [0.05, 0.1) is 17.8 Å². The zero-order valence-corrected chi connectivity index (χ0v) is 15.5. The van der Waals surface area contributed by atoms with Crippen molar-refractivity contribution >= 4 is 27.5 Å². The molecular weight excluding hydrogens is 338 g/mol. The maximum atomic E-state index is 12.4. The maximum absolute atomic E-state index is 12.4. The average Bonchev–Trinajstić information content (AvgIpc) is 2.87. The molecule has 0 radical (unpaired) electrons. The molecular formula is C17H25N5O2S. The number of amides is 1. The van der Waals surface area contributed by atoms with Gasteiger partial charge in [0.1, 0.15) is 10.7 Å². The predicted octanol–water partition coefficient (Wildman–Crippen LogP) is 0.888. The summed E-state index contributed by atoms with van der Waals surface area (Å²) < 4.78 is 0. The first-order valence-corrected chi connectivity index (χ1v) is 9.50. The van der Waals surface area contributed by atoms with Crippen LogP contribution in [-0.2, 0) is 11.3 Å². The quantitative estimate of drug-likeness (QED) is 0.732. The van der Waals surface area contributed by atoms with Crippen molar-refractivity contribution in [1.29, 1.82) is 0 Å². The molecule has 4 N–H and O–H groups in total. The summed E-state index contributed by atoms with van der Waals surface area (Å²) in [6.07, 6.45) is 1.85. The van der Waals surface area contributed by atoms with Crippen LogP contribution in [0, 0.1) is 19.8 Å². The van der Waals surface area contributed by atoms with E-state index in [-0.39, 0.29) is 17.4 Å². The van der Waals surface area contributed by atoms with Gasteiger partial charge in [0.2, 0.25) is 5.91 Å². The van der Waals surface area contributed by atoms with E-state index in [0.29, 0.717) is 37.4 Å². The van der Waals surface area contributed by atoms with Gasteiger partial charge in [-0.25, -0.2) is 4.98 Å². The molecule has 0 aliphatic carbocycles. The molecule has 3 rings (SSSR count). The molecule has 2 aromatic rings. The fourth-order valence-electron chi connectivity index (χ4n) is 3.34. The highest BCUT2D eigenvalue weighted by atomic mass is 32.1. The zero-order valence-electron chi connectivity index (χ0n) is 14.7. The topological polar surface area (TPSA) is 104 Å². The number of carbonyl (C=O) groups is 1. The van der Waals surface area contributed by atoms with Gasteiger partial charge in [-0.2, -0.15) is 0 Å². The lowest BCUT2D eigenvalue weighted by atomic mass is 9.97. The first kappa shape index (κ1) is 18.0. The Labute approximate surface area is 150 Å². The smallest absolute Gasteiger partial charge is 0.259 e. The van der Waals surface area contributed by atoms with Crippen LogP contribution in [0.25, 0.3) is 10.2 Å². The number of hydrogen-bond donors (Lipinski definition) is 3. The summed E-state index contributed by atoms with van der Waals surface area (Å²) in [4.78, 5) is 36.2. The number of H-pyrrole nitrogens is 1. The molecule has 7 nitrogen and oxygen atoms in total. The van der Waals surface area contributed by atoms with E-state index in [1.807, 2.05) is 13.8 Å². The highest BCUT2D eigenvalue weighted by molar-refractivity contribution is 7.18. The minimum atomic E-state index is -0.0731. The third-order valence-corrected chi connectivity index (χ3v) is 5.88. The molecule has 25 heavy (non-hydrogen) atoms. The monoisotopic (exact) mass is 363 g/mol. The molecule has 1 unspecified atom stereocenters. The van der Waals surface area contributed by atoms with Gasteiger partial charge in [0.15, 0.2) is 0 Å². The van der Waals surface area contributed by atoms with Gasteiger partial charge in [0, 0.05) is 24.5 Å². The van der Waals surface area contributed by atoms with E-state index < -0.39 is 0 Å². The summed E-state index contributed by atoms with van der Waals surface area (Å²) in [6.45, 7) is 7.08. The zero-order chi connectivity index (χ0) is 18.0. The molecule has 2 aromatic heterocycles. The van der Waals surface area contributed by atoms with Gasteiger partial charge < -0.3 is 16.0 Å². The Morgan fingerprint density at radius 1 is 1.48 bits per heavy atom. The number of fused-ring (bicyclic) bond motifs is 1. The minimum Gasteiger partial charge on any atom is -0.355 e. The Balaban J connectivity index is 1.72. The summed E-state index contributed by atoms with van der Waals surface area (Å²) in [5, 5.41) is 3.56. The summed E-state index contributed by atoms with van der Waals surface area (Å²) in [7, 11) is 0. The lowest BCUT2D eigenvalue weighted by Gasteiger charge is -2.31. The number of carbonyl (C=O) groups excluding carboxylic acids is 1. The highest BCUT2D eigenvalue weighted by Gasteiger charge is 2.26. The largest absolute Gasteiger partial charge is 0.355 e. The Morgan fingerprint density at radius 2 is 2.28 bits per heavy atom. The van der Waals surface area contributed by atoms with Crippen LogP contribution in [-0.4, -0.2) is 47.0 Å². The van der Waals surface area contributed by atoms with Crippen molar-refractivity contribution in [3.63, 3.8) is 0 Å². The van der Waals surface area contributed by atoms with E-state index in [2.05, 4.69) is 20.2 Å². The van der Waals surface area contributed by atoms with Crippen LogP contribution in [0.4, 0.5) is 0 Å². The molecule has 0 spiro atoms. The van der Waals surface area contributed by atoms with Crippen molar-refractivity contribution in [2.24, 2.45) is 11.7 Å². The number of rotatable bonds is 5. The molecule has 1 fully saturated rings. The fourth-order valence-corrected chi connectivity index (χ4v) is 4.39. The second-order valence-corrected chi connectivity index (χ2v) is 7.83. The number of aromatic amines is 1. The maximum Gasteiger partial charge on any atom is 0.259 e. The Kier molecular flexibility index (Phi) is 5.51. The molecule has 1 atom stereocenters. The molecule has 1 aliphatic heterocycles. The Bertz CT molecular complexity index is 828. The lowest BCUT2D eigenvalue weighted by molar-refractivity contribution is -0.126. The average molecular weight is 363 g/mol. The van der Waals surface area contributed by atoms with Crippen molar-refractivity contribution in [2.45, 2.75) is 33.2 Å². The van der Waals surface area contributed by atoms with E-state index >= 15 is 0 Å². The lowest BCUT2D eigenvalue weighted by Crippen LogP contribution is -2.44. The third-order valence-electron chi connectivity index (χ3n) is 4.78. The molecule has 136 valence electrons. The molecule has 8 heteroatoms. The van der Waals surface area contributed by atoms with Crippen molar-refractivity contribution in [2.75, 3.05) is 26.2 Å². The van der Waals surface area contributed by atoms with Gasteiger partial charge in [-0.05, 0) is 38.8 Å². The van der Waals surface area contributed by atoms with Crippen LogP contribution in [0.1, 0.15) is 29.1 Å². The minimum absolute atomic E-state index is 0.0259. The molecule has 3 heterocycles. The van der Waals surface area contributed by atoms with Crippen LogP contribution in [0.2, 0.25) is 0 Å². The number of aryl methyl sites for hydroxylation is 2. The van der Waals surface area contributed by atoms with Crippen LogP contribution in [0.5, 0.6) is 0 Å². The van der Waals surface area contributed by atoms with Gasteiger partial charge in [-0.15, -0.1) is 11.3 Å². The molecule has 0 saturated carbocycles. The van der Waals surface area contributed by atoms with Crippen molar-refractivity contribution < 1.29 is 4.79 Å². The van der Waals surface area contributed by atoms with Gasteiger partial charge >= 0.3 is 0 Å². The number of hydrogen-bond acceptors (Lipinski definition) is 6. The second-order valence-electron chi connectivity index (χ2n) is 6.63. The number of nitrogens with one attached hydrogen (secondary N) is 2. The van der Waals surface area contributed by atoms with Gasteiger partial charge in [0.25, 0.3) is 5.56 Å². The van der Waals surface area contributed by atoms with E-state index in [1.54, 1.807) is 11.3 Å². The summed E-state index contributed by atoms with van der Waals surface area (Å²) in [6, 6.07) is 0. The first-order valence-electron chi connectivity index (χ1n) is 8.68. The number of nitrogens with zero attached hydrogens (tertiary/aromatic N) is 2. The normalized spacial score (nSPS) is 18.6. The first-order chi connectivity index (χ1) is 12.0. The van der Waals surface area contributed by atoms with Crippen LogP contribution < -0.4 is 16.6 Å². The number of likely N-dealkylation sites (tertiary alicyclic amines) is 1. The summed E-state index contributed by atoms with van der Waals surface area (Å²) >= 11 is 1.56. The third kappa shape index (κ3) is 3.91.